The van der Waals surface area contributed by atoms with E-state index < -0.39 is 0 Å². The summed E-state index contributed by atoms with van der Waals surface area (Å²) in [6.45, 7) is 0. The Bertz CT molecular complexity index is 2900. The van der Waals surface area contributed by atoms with Crippen LogP contribution in [0.15, 0.2) is 199 Å². The van der Waals surface area contributed by atoms with Crippen molar-refractivity contribution in [3.8, 4) is 33.4 Å². The van der Waals surface area contributed by atoms with E-state index in [0.29, 0.717) is 5.71 Å². The average molecular weight is 665 g/mol. The molecule has 0 aliphatic heterocycles. The van der Waals surface area contributed by atoms with Crippen molar-refractivity contribution in [2.45, 2.75) is 0 Å². The molecule has 52 heavy (non-hydrogen) atoms. The molecule has 10 rings (SSSR count). The quantitative estimate of drug-likeness (QED) is 0.177. The summed E-state index contributed by atoms with van der Waals surface area (Å²) < 4.78 is 6.30. The van der Waals surface area contributed by atoms with E-state index in [4.69, 9.17) is 9.40 Å². The van der Waals surface area contributed by atoms with Gasteiger partial charge in [-0.1, -0.05) is 152 Å². The zero-order chi connectivity index (χ0) is 34.4. The van der Waals surface area contributed by atoms with Crippen LogP contribution in [0.1, 0.15) is 0 Å². The summed E-state index contributed by atoms with van der Waals surface area (Å²) in [7, 11) is 0. The molecule has 0 fully saturated rings. The molecule has 2 aromatic heterocycles. The normalized spacial score (nSPS) is 11.5. The van der Waals surface area contributed by atoms with Crippen LogP contribution in [0.25, 0.3) is 77.1 Å². The lowest BCUT2D eigenvalue weighted by atomic mass is 9.96. The predicted octanol–water partition coefficient (Wildman–Crippen LogP) is 13.8. The minimum atomic E-state index is 0.638. The highest BCUT2D eigenvalue weighted by atomic mass is 16.3. The van der Waals surface area contributed by atoms with Crippen molar-refractivity contribution >= 4 is 60.8 Å². The van der Waals surface area contributed by atoms with Crippen molar-refractivity contribution in [3.63, 3.8) is 0 Å². The van der Waals surface area contributed by atoms with Gasteiger partial charge in [-0.2, -0.15) is 0 Å². The lowest BCUT2D eigenvalue weighted by Crippen LogP contribution is -2.11. The number of pyridine rings is 1. The first-order chi connectivity index (χ1) is 25.8. The maximum absolute atomic E-state index is 6.30. The molecule has 10 aromatic rings. The van der Waals surface area contributed by atoms with Crippen LogP contribution in [0.3, 0.4) is 0 Å². The van der Waals surface area contributed by atoms with E-state index in [0.717, 1.165) is 61.0 Å². The molecule has 3 nitrogen and oxygen atoms in total. The predicted molar refractivity (Wildman–Crippen MR) is 218 cm³/mol. The van der Waals surface area contributed by atoms with Gasteiger partial charge in [-0.25, -0.2) is 4.98 Å². The second kappa shape index (κ2) is 12.4. The van der Waals surface area contributed by atoms with Crippen molar-refractivity contribution in [1.29, 1.82) is 0 Å². The number of aromatic nitrogens is 1. The van der Waals surface area contributed by atoms with Crippen LogP contribution in [0.4, 0.5) is 17.1 Å². The number of fused-ring (bicyclic) bond motifs is 5. The summed E-state index contributed by atoms with van der Waals surface area (Å²) in [6, 6.07) is 68.9. The van der Waals surface area contributed by atoms with E-state index in [1.807, 2.05) is 18.2 Å². The summed E-state index contributed by atoms with van der Waals surface area (Å²) in [5.74, 6) is 0. The number of hydrogen-bond donors (Lipinski definition) is 0. The maximum Gasteiger partial charge on any atom is 0.227 e. The molecular formula is C49H32N2O. The summed E-state index contributed by atoms with van der Waals surface area (Å²) in [5, 5.41) is 5.66. The third-order valence-electron chi connectivity index (χ3n) is 10.0. The standard InChI is InChI=1S/C49H32N2O/c1-2-12-33(13-3-1)37-16-8-19-40(30-37)51(46-24-11-18-39-32-45-44-22-6-7-25-47(44)52-49(45)50-48(39)46)41-20-9-17-38(31-41)34-26-28-36(29-27-34)43-23-10-15-35-14-4-5-21-42(35)43/h1-32H. The van der Waals surface area contributed by atoms with Gasteiger partial charge in [0.2, 0.25) is 5.71 Å². The third-order valence-corrected chi connectivity index (χ3v) is 10.0. The number of furan rings is 1. The zero-order valence-corrected chi connectivity index (χ0v) is 28.3. The van der Waals surface area contributed by atoms with E-state index in [1.165, 1.54) is 27.5 Å². The Morgan fingerprint density at radius 1 is 0.385 bits per heavy atom. The minimum Gasteiger partial charge on any atom is -0.438 e. The molecule has 2 heterocycles. The number of nitrogens with zero attached hydrogens (tertiary/aromatic N) is 2. The van der Waals surface area contributed by atoms with E-state index in [9.17, 15) is 0 Å². The van der Waals surface area contributed by atoms with Crippen molar-refractivity contribution in [2.75, 3.05) is 4.90 Å². The van der Waals surface area contributed by atoms with Crippen LogP contribution in [0.5, 0.6) is 0 Å². The molecule has 0 bridgehead atoms. The molecule has 0 aliphatic rings. The highest BCUT2D eigenvalue weighted by Gasteiger charge is 2.19. The van der Waals surface area contributed by atoms with Crippen LogP contribution in [-0.2, 0) is 0 Å². The van der Waals surface area contributed by atoms with Gasteiger partial charge in [0.15, 0.2) is 0 Å². The van der Waals surface area contributed by atoms with Crippen LogP contribution in [0.2, 0.25) is 0 Å². The molecule has 3 heteroatoms. The fourth-order valence-corrected chi connectivity index (χ4v) is 7.53. The smallest absolute Gasteiger partial charge is 0.227 e. The number of benzene rings is 8. The summed E-state index contributed by atoms with van der Waals surface area (Å²) in [6.07, 6.45) is 0. The van der Waals surface area contributed by atoms with Gasteiger partial charge in [0, 0.05) is 27.5 Å². The Morgan fingerprint density at radius 3 is 1.75 bits per heavy atom. The fourth-order valence-electron chi connectivity index (χ4n) is 7.53. The van der Waals surface area contributed by atoms with Gasteiger partial charge >= 0.3 is 0 Å². The molecule has 0 atom stereocenters. The molecule has 0 saturated carbocycles. The van der Waals surface area contributed by atoms with E-state index in [-0.39, 0.29) is 0 Å². The van der Waals surface area contributed by atoms with Crippen molar-refractivity contribution in [3.05, 3.63) is 194 Å². The third kappa shape index (κ3) is 5.19. The van der Waals surface area contributed by atoms with Crippen molar-refractivity contribution < 1.29 is 4.42 Å². The van der Waals surface area contributed by atoms with E-state index in [1.54, 1.807) is 0 Å². The average Bonchev–Trinajstić information content (AvgIpc) is 3.58. The van der Waals surface area contributed by atoms with E-state index >= 15 is 0 Å². The van der Waals surface area contributed by atoms with Gasteiger partial charge < -0.3 is 9.32 Å². The molecule has 0 saturated heterocycles. The van der Waals surface area contributed by atoms with Gasteiger partial charge in [0.25, 0.3) is 0 Å². The zero-order valence-electron chi connectivity index (χ0n) is 28.3. The summed E-state index contributed by atoms with van der Waals surface area (Å²) in [4.78, 5) is 7.52. The van der Waals surface area contributed by atoms with Crippen LogP contribution < -0.4 is 4.90 Å². The second-order valence-corrected chi connectivity index (χ2v) is 13.2. The van der Waals surface area contributed by atoms with Gasteiger partial charge in [0.05, 0.1) is 11.2 Å². The number of hydrogen-bond acceptors (Lipinski definition) is 3. The Balaban J connectivity index is 1.12. The monoisotopic (exact) mass is 664 g/mol. The molecule has 244 valence electrons. The molecule has 0 spiro atoms. The van der Waals surface area contributed by atoms with Gasteiger partial charge in [0.1, 0.15) is 5.58 Å². The Labute approximate surface area is 301 Å². The first kappa shape index (κ1) is 29.9. The number of anilines is 3. The molecule has 0 unspecified atom stereocenters. The molecule has 0 amide bonds. The molecule has 8 aromatic carbocycles. The Hall–Kier alpha value is -6.97. The SMILES string of the molecule is c1ccc(-c2cccc(N(c3cccc(-c4ccc(-c5cccc6ccccc56)cc4)c3)c3cccc4cc5c(nc34)oc3ccccc35)c2)cc1. The Morgan fingerprint density at radius 2 is 0.962 bits per heavy atom. The van der Waals surface area contributed by atoms with E-state index in [2.05, 4.69) is 181 Å². The topological polar surface area (TPSA) is 29.3 Å². The summed E-state index contributed by atoms with van der Waals surface area (Å²) in [5.41, 5.74) is 12.5. The first-order valence-electron chi connectivity index (χ1n) is 17.6. The second-order valence-electron chi connectivity index (χ2n) is 13.2. The lowest BCUT2D eigenvalue weighted by molar-refractivity contribution is 0.656. The van der Waals surface area contributed by atoms with Crippen molar-refractivity contribution in [1.82, 2.24) is 4.98 Å². The Kier molecular flexibility index (Phi) is 7.14. The van der Waals surface area contributed by atoms with Gasteiger partial charge in [-0.3, -0.25) is 0 Å². The lowest BCUT2D eigenvalue weighted by Gasteiger charge is -2.27. The number of para-hydroxylation sites is 2. The number of rotatable bonds is 6. The molecule has 0 N–H and O–H groups in total. The first-order valence-corrected chi connectivity index (χ1v) is 17.6. The maximum atomic E-state index is 6.30. The molecule has 0 aliphatic carbocycles. The van der Waals surface area contributed by atoms with Crippen molar-refractivity contribution in [2.24, 2.45) is 0 Å². The molecule has 0 radical (unpaired) electrons. The minimum absolute atomic E-state index is 0.638. The van der Waals surface area contributed by atoms with Crippen LogP contribution in [-0.4, -0.2) is 4.98 Å². The largest absolute Gasteiger partial charge is 0.438 e. The fraction of sp³-hybridized carbons (Fsp3) is 0. The van der Waals surface area contributed by atoms with Crippen LogP contribution in [0, 0.1) is 0 Å². The summed E-state index contributed by atoms with van der Waals surface area (Å²) >= 11 is 0. The van der Waals surface area contributed by atoms with Crippen LogP contribution >= 0.6 is 0 Å². The molecular weight excluding hydrogens is 633 g/mol. The highest BCUT2D eigenvalue weighted by Crippen LogP contribution is 2.42. The van der Waals surface area contributed by atoms with Gasteiger partial charge in [-0.15, -0.1) is 0 Å². The highest BCUT2D eigenvalue weighted by molar-refractivity contribution is 6.09. The van der Waals surface area contributed by atoms with Gasteiger partial charge in [-0.05, 0) is 86.6 Å².